The first kappa shape index (κ1) is 17.5. The van der Waals surface area contributed by atoms with E-state index in [1.165, 1.54) is 6.07 Å². The van der Waals surface area contributed by atoms with Gasteiger partial charge in [0.1, 0.15) is 5.82 Å². The van der Waals surface area contributed by atoms with Crippen molar-refractivity contribution in [2.24, 2.45) is 5.73 Å². The molecule has 1 amide bonds. The van der Waals surface area contributed by atoms with Crippen molar-refractivity contribution in [2.45, 2.75) is 51.0 Å². The minimum Gasteiger partial charge on any atom is -0.349 e. The number of nitrogens with one attached hydrogen (secondary N) is 1. The minimum atomic E-state index is -0.273. The number of carbonyl (C=O) groups is 1. The zero-order valence-corrected chi connectivity index (χ0v) is 14.3. The number of rotatable bonds is 6. The molecule has 1 aliphatic carbocycles. The molecule has 1 aromatic carbocycles. The van der Waals surface area contributed by atoms with Crippen LogP contribution in [0.4, 0.5) is 4.39 Å². The van der Waals surface area contributed by atoms with E-state index in [0.29, 0.717) is 35.8 Å². The molecule has 0 radical (unpaired) electrons. The van der Waals surface area contributed by atoms with E-state index < -0.39 is 0 Å². The van der Waals surface area contributed by atoms with Gasteiger partial charge in [0.2, 0.25) is 17.6 Å². The van der Waals surface area contributed by atoms with Crippen molar-refractivity contribution in [3.63, 3.8) is 0 Å². The number of nitrogens with zero attached hydrogens (tertiary/aromatic N) is 2. The van der Waals surface area contributed by atoms with Crippen LogP contribution < -0.4 is 11.1 Å². The summed E-state index contributed by atoms with van der Waals surface area (Å²) in [5.41, 5.74) is 6.79. The summed E-state index contributed by atoms with van der Waals surface area (Å²) in [5, 5.41) is 6.98. The van der Waals surface area contributed by atoms with Gasteiger partial charge in [-0.25, -0.2) is 4.39 Å². The summed E-state index contributed by atoms with van der Waals surface area (Å²) in [4.78, 5) is 16.5. The number of benzene rings is 1. The van der Waals surface area contributed by atoms with Gasteiger partial charge < -0.3 is 15.6 Å². The lowest BCUT2D eigenvalue weighted by Gasteiger charge is -2.28. The second kappa shape index (κ2) is 7.31. The lowest BCUT2D eigenvalue weighted by molar-refractivity contribution is -0.123. The molecule has 0 aliphatic heterocycles. The largest absolute Gasteiger partial charge is 0.349 e. The lowest BCUT2D eigenvalue weighted by atomic mass is 9.97. The first-order chi connectivity index (χ1) is 12.0. The van der Waals surface area contributed by atoms with Crippen LogP contribution >= 0.6 is 0 Å². The maximum absolute atomic E-state index is 13.3. The first-order valence-electron chi connectivity index (χ1n) is 8.61. The molecule has 0 saturated heterocycles. The number of carbonyl (C=O) groups excluding carboxylic acids is 1. The topological polar surface area (TPSA) is 94.0 Å². The predicted molar refractivity (Wildman–Crippen MR) is 91.1 cm³/mol. The molecule has 25 heavy (non-hydrogen) atoms. The second-order valence-electron chi connectivity index (χ2n) is 6.72. The van der Waals surface area contributed by atoms with Gasteiger partial charge in [-0.1, -0.05) is 18.0 Å². The Hall–Kier alpha value is -2.28. The van der Waals surface area contributed by atoms with E-state index >= 15 is 0 Å². The van der Waals surface area contributed by atoms with Crippen LogP contribution in [0.1, 0.15) is 43.6 Å². The number of hydrogen-bond acceptors (Lipinski definition) is 5. The summed E-state index contributed by atoms with van der Waals surface area (Å²) >= 11 is 0. The van der Waals surface area contributed by atoms with Crippen molar-refractivity contribution < 1.29 is 13.7 Å². The van der Waals surface area contributed by atoms with E-state index in [9.17, 15) is 9.18 Å². The van der Waals surface area contributed by atoms with E-state index in [0.717, 1.165) is 25.7 Å². The molecule has 1 fully saturated rings. The molecule has 1 aliphatic rings. The Kier molecular flexibility index (Phi) is 5.13. The van der Waals surface area contributed by atoms with Crippen LogP contribution in [0.25, 0.3) is 11.4 Å². The van der Waals surface area contributed by atoms with Crippen LogP contribution in [0, 0.1) is 12.7 Å². The fourth-order valence-corrected chi connectivity index (χ4v) is 3.27. The van der Waals surface area contributed by atoms with Crippen molar-refractivity contribution in [1.82, 2.24) is 15.5 Å². The number of amides is 1. The highest BCUT2D eigenvalue weighted by Gasteiger charge is 2.33. The number of nitrogens with two attached hydrogens (primary N) is 1. The molecule has 6 nitrogen and oxygen atoms in total. The smallest absolute Gasteiger partial charge is 0.227 e. The summed E-state index contributed by atoms with van der Waals surface area (Å²) in [6.45, 7) is 2.15. The molecular formula is C18H23FN4O2. The van der Waals surface area contributed by atoms with Gasteiger partial charge in [0.15, 0.2) is 0 Å². The molecule has 1 aromatic heterocycles. The highest BCUT2D eigenvalue weighted by molar-refractivity contribution is 5.77. The van der Waals surface area contributed by atoms with Gasteiger partial charge in [0.25, 0.3) is 0 Å². The minimum absolute atomic E-state index is 0.0512. The zero-order valence-electron chi connectivity index (χ0n) is 14.3. The summed E-state index contributed by atoms with van der Waals surface area (Å²) < 4.78 is 18.5. The summed E-state index contributed by atoms with van der Waals surface area (Å²) in [6, 6.07) is 4.65. The number of aromatic nitrogens is 2. The second-order valence-corrected chi connectivity index (χ2v) is 6.72. The molecule has 0 unspecified atom stereocenters. The van der Waals surface area contributed by atoms with E-state index in [1.54, 1.807) is 19.1 Å². The summed E-state index contributed by atoms with van der Waals surface area (Å²) in [5.74, 6) is 0.461. The zero-order chi connectivity index (χ0) is 17.9. The van der Waals surface area contributed by atoms with Gasteiger partial charge in [-0.2, -0.15) is 4.98 Å². The average Bonchev–Trinajstić information content (AvgIpc) is 3.25. The van der Waals surface area contributed by atoms with Crippen molar-refractivity contribution in [2.75, 3.05) is 6.54 Å². The van der Waals surface area contributed by atoms with Gasteiger partial charge in [-0.3, -0.25) is 4.79 Å². The fraction of sp³-hybridized carbons (Fsp3) is 0.500. The van der Waals surface area contributed by atoms with Crippen LogP contribution in [0.15, 0.2) is 22.7 Å². The Morgan fingerprint density at radius 2 is 2.16 bits per heavy atom. The van der Waals surface area contributed by atoms with Gasteiger partial charge in [0.05, 0.1) is 5.54 Å². The Balaban J connectivity index is 1.58. The Morgan fingerprint density at radius 1 is 1.40 bits per heavy atom. The Morgan fingerprint density at radius 3 is 2.84 bits per heavy atom. The third-order valence-electron chi connectivity index (χ3n) is 4.81. The quantitative estimate of drug-likeness (QED) is 0.838. The van der Waals surface area contributed by atoms with E-state index in [2.05, 4.69) is 15.5 Å². The third kappa shape index (κ3) is 4.04. The number of aryl methyl sites for hydroxylation is 2. The maximum atomic E-state index is 13.3. The average molecular weight is 346 g/mol. The van der Waals surface area contributed by atoms with Crippen LogP contribution in [0.2, 0.25) is 0 Å². The molecule has 134 valence electrons. The molecule has 3 N–H and O–H groups in total. The van der Waals surface area contributed by atoms with Crippen molar-refractivity contribution >= 4 is 5.91 Å². The van der Waals surface area contributed by atoms with Crippen molar-refractivity contribution in [1.29, 1.82) is 0 Å². The highest BCUT2D eigenvalue weighted by Crippen LogP contribution is 2.28. The number of hydrogen-bond donors (Lipinski definition) is 2. The summed E-state index contributed by atoms with van der Waals surface area (Å²) in [7, 11) is 0. The molecule has 2 aromatic rings. The van der Waals surface area contributed by atoms with Gasteiger partial charge in [0, 0.05) is 24.9 Å². The molecule has 0 atom stereocenters. The SMILES string of the molecule is Cc1cc(-c2noc(CCC(=O)NC3(CN)CCCC3)n2)ccc1F. The molecule has 1 heterocycles. The van der Waals surface area contributed by atoms with E-state index in [1.807, 2.05) is 0 Å². The van der Waals surface area contributed by atoms with Crippen LogP contribution in [0.3, 0.4) is 0 Å². The third-order valence-corrected chi connectivity index (χ3v) is 4.81. The lowest BCUT2D eigenvalue weighted by Crippen LogP contribution is -2.51. The summed E-state index contributed by atoms with van der Waals surface area (Å²) in [6.07, 6.45) is 4.70. The molecule has 0 spiro atoms. The maximum Gasteiger partial charge on any atom is 0.227 e. The van der Waals surface area contributed by atoms with Gasteiger partial charge in [-0.05, 0) is 43.5 Å². The Labute approximate surface area is 146 Å². The normalized spacial score (nSPS) is 16.1. The fourth-order valence-electron chi connectivity index (χ4n) is 3.27. The predicted octanol–water partition coefficient (Wildman–Crippen LogP) is 2.50. The van der Waals surface area contributed by atoms with Gasteiger partial charge in [-0.15, -0.1) is 0 Å². The van der Waals surface area contributed by atoms with Crippen LogP contribution in [-0.2, 0) is 11.2 Å². The molecular weight excluding hydrogens is 323 g/mol. The molecule has 7 heteroatoms. The van der Waals surface area contributed by atoms with Crippen molar-refractivity contribution in [3.8, 4) is 11.4 Å². The van der Waals surface area contributed by atoms with Crippen molar-refractivity contribution in [3.05, 3.63) is 35.5 Å². The molecule has 1 saturated carbocycles. The van der Waals surface area contributed by atoms with Crippen LogP contribution in [0.5, 0.6) is 0 Å². The number of halogens is 1. The first-order valence-corrected chi connectivity index (χ1v) is 8.61. The monoisotopic (exact) mass is 346 g/mol. The standard InChI is InChI=1S/C18H23FN4O2/c1-12-10-13(4-5-14(12)19)17-21-16(25-23-17)7-6-15(24)22-18(11-20)8-2-3-9-18/h4-5,10H,2-3,6-9,11,20H2,1H3,(H,22,24). The van der Waals surface area contributed by atoms with Gasteiger partial charge >= 0.3 is 0 Å². The molecule has 0 bridgehead atoms. The highest BCUT2D eigenvalue weighted by atomic mass is 19.1. The Bertz CT molecular complexity index is 753. The van der Waals surface area contributed by atoms with E-state index in [4.69, 9.17) is 10.3 Å². The van der Waals surface area contributed by atoms with E-state index in [-0.39, 0.29) is 23.7 Å². The molecule has 3 rings (SSSR count). The van der Waals surface area contributed by atoms with Crippen LogP contribution in [-0.4, -0.2) is 28.1 Å².